The third-order valence-electron chi connectivity index (χ3n) is 5.86. The number of carbonyl (C=O) groups excluding carboxylic acids is 1. The van der Waals surface area contributed by atoms with Gasteiger partial charge >= 0.3 is 0 Å². The lowest BCUT2D eigenvalue weighted by atomic mass is 9.96. The molecule has 7 heteroatoms. The van der Waals surface area contributed by atoms with Crippen molar-refractivity contribution >= 4 is 27.7 Å². The second kappa shape index (κ2) is 8.42. The number of methoxy groups -OCH3 is 3. The standard InChI is InChI=1S/C25H27N3O4/c1-6-13-9-8-10-16-19(13)20-15(7-2)22(25(26)29)28-21(23(20)27-16)14-11-17(30-3)24(32-5)18(12-14)31-4/h8-12,27H,6-7H2,1-5H3,(H2,26,29). The number of H-pyrrole nitrogens is 1. The number of fused-ring (bicyclic) bond motifs is 3. The highest BCUT2D eigenvalue weighted by Gasteiger charge is 2.24. The number of aryl methyl sites for hydroxylation is 2. The highest BCUT2D eigenvalue weighted by atomic mass is 16.5. The van der Waals surface area contributed by atoms with E-state index in [1.807, 2.05) is 31.2 Å². The van der Waals surface area contributed by atoms with Gasteiger partial charge in [0.05, 0.1) is 32.5 Å². The van der Waals surface area contributed by atoms with Gasteiger partial charge in [0.25, 0.3) is 5.91 Å². The molecule has 0 saturated carbocycles. The van der Waals surface area contributed by atoms with Gasteiger partial charge in [-0.3, -0.25) is 4.79 Å². The summed E-state index contributed by atoms with van der Waals surface area (Å²) in [6, 6.07) is 9.83. The number of nitrogens with two attached hydrogens (primary N) is 1. The Bertz CT molecular complexity index is 1320. The molecule has 2 aromatic carbocycles. The van der Waals surface area contributed by atoms with Crippen LogP contribution in [-0.2, 0) is 12.8 Å². The lowest BCUT2D eigenvalue weighted by molar-refractivity contribution is 0.0995. The van der Waals surface area contributed by atoms with E-state index in [9.17, 15) is 4.79 Å². The molecule has 4 aromatic rings. The van der Waals surface area contributed by atoms with Crippen molar-refractivity contribution < 1.29 is 19.0 Å². The molecule has 0 unspecified atom stereocenters. The highest BCUT2D eigenvalue weighted by molar-refractivity contribution is 6.16. The van der Waals surface area contributed by atoms with E-state index < -0.39 is 5.91 Å². The molecule has 0 fully saturated rings. The minimum absolute atomic E-state index is 0.274. The zero-order chi connectivity index (χ0) is 23.0. The van der Waals surface area contributed by atoms with E-state index in [0.29, 0.717) is 29.4 Å². The van der Waals surface area contributed by atoms with Crippen LogP contribution in [0.2, 0.25) is 0 Å². The predicted octanol–water partition coefficient (Wildman–Crippen LogP) is 4.63. The van der Waals surface area contributed by atoms with Gasteiger partial charge in [0.1, 0.15) is 5.69 Å². The second-order valence-electron chi connectivity index (χ2n) is 7.49. The van der Waals surface area contributed by atoms with Crippen LogP contribution in [0.15, 0.2) is 30.3 Å². The van der Waals surface area contributed by atoms with E-state index in [2.05, 4.69) is 18.0 Å². The van der Waals surface area contributed by atoms with Crippen LogP contribution in [0, 0.1) is 0 Å². The van der Waals surface area contributed by atoms with Crippen LogP contribution in [0.1, 0.15) is 35.5 Å². The van der Waals surface area contributed by atoms with Crippen LogP contribution in [0.4, 0.5) is 0 Å². The van der Waals surface area contributed by atoms with Gasteiger partial charge in [-0.05, 0) is 42.2 Å². The quantitative estimate of drug-likeness (QED) is 0.443. The van der Waals surface area contributed by atoms with Crippen molar-refractivity contribution in [3.05, 3.63) is 47.2 Å². The molecule has 0 atom stereocenters. The Balaban J connectivity index is 2.19. The lowest BCUT2D eigenvalue weighted by Crippen LogP contribution is -2.16. The maximum atomic E-state index is 12.4. The molecular formula is C25H27N3O4. The number of pyridine rings is 1. The first-order valence-electron chi connectivity index (χ1n) is 10.5. The Morgan fingerprint density at radius 3 is 2.22 bits per heavy atom. The highest BCUT2D eigenvalue weighted by Crippen LogP contribution is 2.44. The summed E-state index contributed by atoms with van der Waals surface area (Å²) in [5, 5.41) is 2.08. The summed E-state index contributed by atoms with van der Waals surface area (Å²) in [6.45, 7) is 4.13. The zero-order valence-electron chi connectivity index (χ0n) is 19.0. The molecule has 32 heavy (non-hydrogen) atoms. The molecule has 2 aromatic heterocycles. The summed E-state index contributed by atoms with van der Waals surface area (Å²) in [5.41, 5.74) is 11.3. The maximum absolute atomic E-state index is 12.4. The first-order valence-corrected chi connectivity index (χ1v) is 10.5. The fourth-order valence-corrected chi connectivity index (χ4v) is 4.42. The molecule has 0 saturated heterocycles. The Kier molecular flexibility index (Phi) is 5.65. The van der Waals surface area contributed by atoms with Crippen LogP contribution in [-0.4, -0.2) is 37.2 Å². The lowest BCUT2D eigenvalue weighted by Gasteiger charge is -2.16. The van der Waals surface area contributed by atoms with Crippen LogP contribution < -0.4 is 19.9 Å². The first-order chi connectivity index (χ1) is 15.5. The first kappa shape index (κ1) is 21.5. The van der Waals surface area contributed by atoms with Gasteiger partial charge in [-0.1, -0.05) is 26.0 Å². The molecule has 4 rings (SSSR count). The molecule has 1 amide bonds. The van der Waals surface area contributed by atoms with Gasteiger partial charge in [-0.15, -0.1) is 0 Å². The van der Waals surface area contributed by atoms with Gasteiger partial charge in [-0.25, -0.2) is 4.98 Å². The second-order valence-corrected chi connectivity index (χ2v) is 7.49. The summed E-state index contributed by atoms with van der Waals surface area (Å²) < 4.78 is 16.5. The van der Waals surface area contributed by atoms with Gasteiger partial charge in [0.15, 0.2) is 11.5 Å². The molecule has 0 spiro atoms. The van der Waals surface area contributed by atoms with E-state index in [1.165, 1.54) is 5.56 Å². The van der Waals surface area contributed by atoms with Gasteiger partial charge < -0.3 is 24.9 Å². The topological polar surface area (TPSA) is 99.5 Å². The minimum Gasteiger partial charge on any atom is -0.493 e. The molecule has 2 heterocycles. The molecule has 7 nitrogen and oxygen atoms in total. The Hall–Kier alpha value is -3.74. The summed E-state index contributed by atoms with van der Waals surface area (Å²) in [5.74, 6) is 0.936. The van der Waals surface area contributed by atoms with Crippen molar-refractivity contribution in [1.82, 2.24) is 9.97 Å². The van der Waals surface area contributed by atoms with E-state index >= 15 is 0 Å². The number of aromatic nitrogens is 2. The molecule has 0 aliphatic heterocycles. The summed E-state index contributed by atoms with van der Waals surface area (Å²) >= 11 is 0. The number of amides is 1. The van der Waals surface area contributed by atoms with E-state index in [-0.39, 0.29) is 5.69 Å². The number of nitrogens with zero attached hydrogens (tertiary/aromatic N) is 1. The van der Waals surface area contributed by atoms with Gasteiger partial charge in [-0.2, -0.15) is 0 Å². The van der Waals surface area contributed by atoms with E-state index in [0.717, 1.165) is 39.4 Å². The van der Waals surface area contributed by atoms with Crippen molar-refractivity contribution in [2.45, 2.75) is 26.7 Å². The number of primary amides is 1. The average Bonchev–Trinajstić information content (AvgIpc) is 3.21. The average molecular weight is 434 g/mol. The van der Waals surface area contributed by atoms with Crippen molar-refractivity contribution in [3.8, 4) is 28.5 Å². The molecule has 166 valence electrons. The smallest absolute Gasteiger partial charge is 0.267 e. The van der Waals surface area contributed by atoms with Crippen molar-refractivity contribution in [3.63, 3.8) is 0 Å². The molecule has 0 bridgehead atoms. The largest absolute Gasteiger partial charge is 0.493 e. The fraction of sp³-hybridized carbons (Fsp3) is 0.280. The van der Waals surface area contributed by atoms with Crippen LogP contribution >= 0.6 is 0 Å². The number of rotatable bonds is 7. The Morgan fingerprint density at radius 2 is 1.69 bits per heavy atom. The molecule has 0 aliphatic carbocycles. The number of hydrogen-bond acceptors (Lipinski definition) is 5. The third-order valence-corrected chi connectivity index (χ3v) is 5.86. The minimum atomic E-state index is -0.555. The third kappa shape index (κ3) is 3.21. The van der Waals surface area contributed by atoms with Crippen molar-refractivity contribution in [2.75, 3.05) is 21.3 Å². The molecular weight excluding hydrogens is 406 g/mol. The predicted molar refractivity (Wildman–Crippen MR) is 126 cm³/mol. The maximum Gasteiger partial charge on any atom is 0.267 e. The normalized spacial score (nSPS) is 11.2. The fourth-order valence-electron chi connectivity index (χ4n) is 4.42. The van der Waals surface area contributed by atoms with Crippen LogP contribution in [0.3, 0.4) is 0 Å². The zero-order valence-corrected chi connectivity index (χ0v) is 19.0. The van der Waals surface area contributed by atoms with Crippen LogP contribution in [0.5, 0.6) is 17.2 Å². The number of benzene rings is 2. The van der Waals surface area contributed by atoms with Crippen molar-refractivity contribution in [2.24, 2.45) is 5.73 Å². The number of hydrogen-bond donors (Lipinski definition) is 2. The number of aromatic amines is 1. The summed E-state index contributed by atoms with van der Waals surface area (Å²) in [4.78, 5) is 20.7. The monoisotopic (exact) mass is 433 g/mol. The van der Waals surface area contributed by atoms with Crippen molar-refractivity contribution in [1.29, 1.82) is 0 Å². The van der Waals surface area contributed by atoms with E-state index in [4.69, 9.17) is 24.9 Å². The molecule has 0 radical (unpaired) electrons. The SMILES string of the molecule is CCc1cccc2[nH]c3c(-c4cc(OC)c(OC)c(OC)c4)nc(C(N)=O)c(CC)c3c12. The summed E-state index contributed by atoms with van der Waals surface area (Å²) in [7, 11) is 4.69. The Morgan fingerprint density at radius 1 is 1.00 bits per heavy atom. The molecule has 0 aliphatic rings. The Labute approximate surface area is 186 Å². The van der Waals surface area contributed by atoms with Gasteiger partial charge in [0, 0.05) is 21.9 Å². The van der Waals surface area contributed by atoms with Crippen LogP contribution in [0.25, 0.3) is 33.1 Å². The van der Waals surface area contributed by atoms with Gasteiger partial charge in [0.2, 0.25) is 5.75 Å². The number of ether oxygens (including phenoxy) is 3. The number of carbonyl (C=O) groups is 1. The summed E-state index contributed by atoms with van der Waals surface area (Å²) in [6.07, 6.45) is 1.49. The molecule has 3 N–H and O–H groups in total. The number of nitrogens with one attached hydrogen (secondary N) is 1. The van der Waals surface area contributed by atoms with E-state index in [1.54, 1.807) is 21.3 Å².